The third-order valence-electron chi connectivity index (χ3n) is 3.19. The Morgan fingerprint density at radius 1 is 1.41 bits per heavy atom. The molecule has 0 spiro atoms. The number of nitrogens with one attached hydrogen (secondary N) is 2. The lowest BCUT2D eigenvalue weighted by Gasteiger charge is -2.23. The average molecular weight is 233 g/mol. The molecule has 1 aromatic rings. The Labute approximate surface area is 100 Å². The third kappa shape index (κ3) is 2.42. The first kappa shape index (κ1) is 11.9. The van der Waals surface area contributed by atoms with Crippen LogP contribution in [0.2, 0.25) is 0 Å². The highest BCUT2D eigenvalue weighted by molar-refractivity contribution is 5.33. The Morgan fingerprint density at radius 3 is 2.76 bits per heavy atom. The van der Waals surface area contributed by atoms with Crippen LogP contribution in [0.15, 0.2) is 16.9 Å². The molecule has 2 N–H and O–H groups in total. The van der Waals surface area contributed by atoms with Crippen LogP contribution in [0, 0.1) is 0 Å². The molecule has 4 heteroatoms. The zero-order valence-corrected chi connectivity index (χ0v) is 10.2. The molecular weight excluding hydrogens is 214 g/mol. The molecule has 4 nitrogen and oxygen atoms in total. The van der Waals surface area contributed by atoms with Gasteiger partial charge in [-0.2, -0.15) is 0 Å². The molecule has 0 unspecified atom stereocenters. The molecule has 1 aliphatic heterocycles. The second kappa shape index (κ2) is 5.19. The first-order valence-electron chi connectivity index (χ1n) is 6.07. The van der Waals surface area contributed by atoms with Gasteiger partial charge in [-0.05, 0) is 38.9 Å². The van der Waals surface area contributed by atoms with Crippen molar-refractivity contribution < 1.29 is 0 Å². The predicted octanol–water partition coefficient (Wildman–Crippen LogP) is -0.132. The number of aromatic nitrogens is 2. The highest BCUT2D eigenvalue weighted by Crippen LogP contribution is 2.13. The minimum atomic E-state index is -0.0438. The molecule has 17 heavy (non-hydrogen) atoms. The number of hydrogen-bond donors (Lipinski definition) is 2. The molecule has 1 fully saturated rings. The first-order chi connectivity index (χ1) is 8.24. The Bertz CT molecular complexity index is 558. The van der Waals surface area contributed by atoms with Crippen molar-refractivity contribution in [3.63, 3.8) is 0 Å². The Balaban J connectivity index is 2.44. The van der Waals surface area contributed by atoms with E-state index in [1.165, 1.54) is 0 Å². The lowest BCUT2D eigenvalue weighted by Crippen LogP contribution is -2.39. The van der Waals surface area contributed by atoms with Crippen LogP contribution in [0.25, 0.3) is 12.7 Å². The average Bonchev–Trinajstić information content (AvgIpc) is 2.63. The van der Waals surface area contributed by atoms with Gasteiger partial charge in [-0.3, -0.25) is 4.57 Å². The van der Waals surface area contributed by atoms with Crippen LogP contribution in [-0.2, 0) is 0 Å². The molecule has 0 atom stereocenters. The summed E-state index contributed by atoms with van der Waals surface area (Å²) in [6, 6.07) is 0.278. The maximum atomic E-state index is 11.9. The summed E-state index contributed by atoms with van der Waals surface area (Å²) in [5.74, 6) is 0. The molecule has 0 saturated carbocycles. The Hall–Kier alpha value is -1.55. The van der Waals surface area contributed by atoms with Crippen LogP contribution in [0.1, 0.15) is 25.8 Å². The van der Waals surface area contributed by atoms with Gasteiger partial charge in [0.1, 0.15) is 0 Å². The predicted molar refractivity (Wildman–Crippen MR) is 70.2 cm³/mol. The molecular formula is C13H19N3O. The van der Waals surface area contributed by atoms with E-state index in [9.17, 15) is 4.79 Å². The largest absolute Gasteiger partial charge is 0.326 e. The lowest BCUT2D eigenvalue weighted by atomic mass is 10.1. The first-order valence-corrected chi connectivity index (χ1v) is 6.07. The van der Waals surface area contributed by atoms with Crippen molar-refractivity contribution in [1.29, 1.82) is 0 Å². The minimum absolute atomic E-state index is 0.0438. The van der Waals surface area contributed by atoms with Gasteiger partial charge in [-0.15, -0.1) is 0 Å². The molecule has 92 valence electrons. The van der Waals surface area contributed by atoms with Crippen molar-refractivity contribution in [3.8, 4) is 0 Å². The second-order valence-corrected chi connectivity index (χ2v) is 4.33. The summed E-state index contributed by atoms with van der Waals surface area (Å²) in [5.41, 5.74) is -0.0438. The van der Waals surface area contributed by atoms with Crippen molar-refractivity contribution >= 4 is 12.7 Å². The Kier molecular flexibility index (Phi) is 3.64. The van der Waals surface area contributed by atoms with E-state index in [4.69, 9.17) is 0 Å². The van der Waals surface area contributed by atoms with Crippen LogP contribution in [0.5, 0.6) is 0 Å². The van der Waals surface area contributed by atoms with Gasteiger partial charge >= 0.3 is 5.69 Å². The highest BCUT2D eigenvalue weighted by atomic mass is 16.1. The number of aromatic amines is 1. The molecule has 0 aliphatic carbocycles. The topological polar surface area (TPSA) is 49.8 Å². The number of nitrogens with zero attached hydrogens (tertiary/aromatic N) is 1. The molecule has 0 radical (unpaired) electrons. The number of imidazole rings is 1. The van der Waals surface area contributed by atoms with Gasteiger partial charge in [0.05, 0.1) is 10.7 Å². The van der Waals surface area contributed by atoms with E-state index in [1.807, 2.05) is 25.2 Å². The summed E-state index contributed by atoms with van der Waals surface area (Å²) < 4.78 is 1.80. The lowest BCUT2D eigenvalue weighted by molar-refractivity contribution is 0.356. The standard InChI is InChI=1S/C13H19N3O/c1-3-4-5-12-10(2)16(13(17)15-12)11-6-8-14-9-7-11/h3-5,11,14H,2,6-9H2,1H3,(H,15,17)/b4-3-,12-5+. The number of piperidine rings is 1. The summed E-state index contributed by atoms with van der Waals surface area (Å²) in [6.07, 6.45) is 7.71. The van der Waals surface area contributed by atoms with Gasteiger partial charge < -0.3 is 10.3 Å². The maximum absolute atomic E-state index is 11.9. The minimum Gasteiger partial charge on any atom is -0.317 e. The summed E-state index contributed by atoms with van der Waals surface area (Å²) in [5, 5.41) is 4.90. The van der Waals surface area contributed by atoms with Crippen molar-refractivity contribution in [3.05, 3.63) is 33.3 Å². The molecule has 0 bridgehead atoms. The zero-order chi connectivity index (χ0) is 12.3. The Morgan fingerprint density at radius 2 is 2.12 bits per heavy atom. The van der Waals surface area contributed by atoms with Crippen molar-refractivity contribution in [2.45, 2.75) is 25.8 Å². The molecule has 2 heterocycles. The highest BCUT2D eigenvalue weighted by Gasteiger charge is 2.17. The normalized spacial score (nSPS) is 19.2. The number of allylic oxidation sites excluding steroid dienone is 2. The third-order valence-corrected chi connectivity index (χ3v) is 3.19. The van der Waals surface area contributed by atoms with Gasteiger partial charge in [0.2, 0.25) is 0 Å². The number of rotatable bonds is 2. The van der Waals surface area contributed by atoms with Crippen molar-refractivity contribution in [1.82, 2.24) is 14.9 Å². The molecule has 0 amide bonds. The van der Waals surface area contributed by atoms with Crippen LogP contribution >= 0.6 is 0 Å². The summed E-state index contributed by atoms with van der Waals surface area (Å²) in [7, 11) is 0. The SMILES string of the molecule is C=c1/c(=C\C=C/C)[nH]c(=O)n1C1CCNCC1. The summed E-state index contributed by atoms with van der Waals surface area (Å²) >= 11 is 0. The smallest absolute Gasteiger partial charge is 0.317 e. The zero-order valence-electron chi connectivity index (χ0n) is 10.2. The molecule has 1 saturated heterocycles. The van der Waals surface area contributed by atoms with E-state index in [-0.39, 0.29) is 11.7 Å². The van der Waals surface area contributed by atoms with Gasteiger partial charge in [0.15, 0.2) is 0 Å². The van der Waals surface area contributed by atoms with Crippen LogP contribution in [-0.4, -0.2) is 22.6 Å². The fourth-order valence-electron chi connectivity index (χ4n) is 2.28. The maximum Gasteiger partial charge on any atom is 0.326 e. The van der Waals surface area contributed by atoms with E-state index in [2.05, 4.69) is 16.9 Å². The van der Waals surface area contributed by atoms with Crippen LogP contribution < -0.4 is 21.7 Å². The molecule has 0 aromatic carbocycles. The second-order valence-electron chi connectivity index (χ2n) is 4.33. The van der Waals surface area contributed by atoms with E-state index in [1.54, 1.807) is 4.57 Å². The number of H-pyrrole nitrogens is 1. The van der Waals surface area contributed by atoms with Crippen LogP contribution in [0.3, 0.4) is 0 Å². The van der Waals surface area contributed by atoms with E-state index in [0.29, 0.717) is 0 Å². The van der Waals surface area contributed by atoms with Gasteiger partial charge in [0.25, 0.3) is 0 Å². The van der Waals surface area contributed by atoms with E-state index in [0.717, 1.165) is 36.6 Å². The fourth-order valence-corrected chi connectivity index (χ4v) is 2.28. The quantitative estimate of drug-likeness (QED) is 0.747. The number of hydrogen-bond acceptors (Lipinski definition) is 2. The fraction of sp³-hybridized carbons (Fsp3) is 0.462. The molecule has 1 aromatic heterocycles. The van der Waals surface area contributed by atoms with Gasteiger partial charge in [0, 0.05) is 6.04 Å². The molecule has 2 rings (SSSR count). The molecule has 1 aliphatic rings. The van der Waals surface area contributed by atoms with Crippen LogP contribution in [0.4, 0.5) is 0 Å². The monoisotopic (exact) mass is 233 g/mol. The van der Waals surface area contributed by atoms with Gasteiger partial charge in [-0.25, -0.2) is 4.79 Å². The summed E-state index contributed by atoms with van der Waals surface area (Å²) in [4.78, 5) is 14.8. The van der Waals surface area contributed by atoms with Crippen molar-refractivity contribution in [2.75, 3.05) is 13.1 Å². The summed E-state index contributed by atoms with van der Waals surface area (Å²) in [6.45, 7) is 7.90. The van der Waals surface area contributed by atoms with Crippen molar-refractivity contribution in [2.24, 2.45) is 0 Å². The van der Waals surface area contributed by atoms with Gasteiger partial charge in [-0.1, -0.05) is 18.7 Å². The van der Waals surface area contributed by atoms with E-state index >= 15 is 0 Å². The van der Waals surface area contributed by atoms with E-state index < -0.39 is 0 Å².